The lowest BCUT2D eigenvalue weighted by Gasteiger charge is -2.14. The second-order valence-electron chi connectivity index (χ2n) is 9.84. The number of imidazole rings is 1. The quantitative estimate of drug-likeness (QED) is 0.263. The molecule has 0 spiro atoms. The second kappa shape index (κ2) is 10.5. The minimum absolute atomic E-state index is 0.0703. The van der Waals surface area contributed by atoms with Crippen molar-refractivity contribution in [2.75, 3.05) is 18.1 Å². The van der Waals surface area contributed by atoms with Gasteiger partial charge in [-0.05, 0) is 61.7 Å². The number of rotatable bonds is 9. The van der Waals surface area contributed by atoms with Crippen molar-refractivity contribution in [3.05, 3.63) is 72.1 Å². The highest BCUT2D eigenvalue weighted by atomic mass is 32.2. The van der Waals surface area contributed by atoms with Crippen molar-refractivity contribution >= 4 is 32.5 Å². The highest BCUT2D eigenvalue weighted by Gasteiger charge is 2.27. The maximum atomic E-state index is 12.8. The fraction of sp³-hybridized carbons (Fsp3) is 0.286. The molecular formula is C28H27F3N4O4S. The van der Waals surface area contributed by atoms with Crippen LogP contribution in [0.5, 0.6) is 11.5 Å². The zero-order valence-electron chi connectivity index (χ0n) is 21.7. The number of benzene rings is 3. The van der Waals surface area contributed by atoms with E-state index in [4.69, 9.17) is 4.74 Å². The summed E-state index contributed by atoms with van der Waals surface area (Å²) in [5, 5.41) is 5.78. The average Bonchev–Trinajstić information content (AvgIpc) is 3.58. The van der Waals surface area contributed by atoms with Gasteiger partial charge in [-0.3, -0.25) is 9.36 Å². The molecular weight excluding hydrogens is 545 g/mol. The number of hydrogen-bond acceptors (Lipinski definition) is 6. The van der Waals surface area contributed by atoms with Gasteiger partial charge in [0.25, 0.3) is 5.91 Å². The lowest BCUT2D eigenvalue weighted by molar-refractivity contribution is -0.131. The average molecular weight is 573 g/mol. The van der Waals surface area contributed by atoms with Gasteiger partial charge in [-0.1, -0.05) is 6.07 Å². The first kappa shape index (κ1) is 27.5. The molecule has 3 aromatic carbocycles. The molecule has 1 aromatic heterocycles. The maximum absolute atomic E-state index is 12.8. The highest BCUT2D eigenvalue weighted by Crippen LogP contribution is 2.34. The van der Waals surface area contributed by atoms with Crippen molar-refractivity contribution in [2.24, 2.45) is 0 Å². The number of aromatic nitrogens is 2. The molecule has 0 saturated heterocycles. The third-order valence-electron chi connectivity index (χ3n) is 6.46. The number of carbonyl (C=O) groups is 1. The van der Waals surface area contributed by atoms with E-state index in [-0.39, 0.29) is 34.9 Å². The number of halogens is 3. The van der Waals surface area contributed by atoms with E-state index in [1.54, 1.807) is 41.2 Å². The van der Waals surface area contributed by atoms with Crippen molar-refractivity contribution in [1.82, 2.24) is 14.9 Å². The topological polar surface area (TPSA) is 102 Å². The Morgan fingerprint density at radius 2 is 1.88 bits per heavy atom. The van der Waals surface area contributed by atoms with Crippen LogP contribution in [0.25, 0.3) is 16.7 Å². The number of aryl methyl sites for hydroxylation is 1. The van der Waals surface area contributed by atoms with Gasteiger partial charge >= 0.3 is 6.18 Å². The smallest absolute Gasteiger partial charge is 0.390 e. The van der Waals surface area contributed by atoms with E-state index < -0.39 is 22.4 Å². The summed E-state index contributed by atoms with van der Waals surface area (Å²) >= 11 is 0. The van der Waals surface area contributed by atoms with E-state index in [1.807, 2.05) is 13.0 Å². The Morgan fingerprint density at radius 3 is 2.55 bits per heavy atom. The highest BCUT2D eigenvalue weighted by molar-refractivity contribution is 7.90. The normalized spacial score (nSPS) is 13.8. The minimum atomic E-state index is -4.34. The standard InChI is InChI=1S/C28H27F3N4O4S/c1-17-12-19(8-9-23(17)27(36)34-18-6-7-18)35-16-33-26-24(32-11-10-28(29,30)31)14-21(15-25(26)35)39-20-4-3-5-22(13-20)40(2,37)38/h3-5,8-9,12-16,18,32H,6-7,10-11H2,1-2H3,(H,34,36). The van der Waals surface area contributed by atoms with E-state index in [0.717, 1.165) is 24.7 Å². The molecule has 1 heterocycles. The fourth-order valence-electron chi connectivity index (χ4n) is 4.28. The molecule has 1 saturated carbocycles. The fourth-order valence-corrected chi connectivity index (χ4v) is 4.93. The van der Waals surface area contributed by atoms with Crippen LogP contribution in [0.4, 0.5) is 18.9 Å². The van der Waals surface area contributed by atoms with Crippen LogP contribution in [0, 0.1) is 6.92 Å². The van der Waals surface area contributed by atoms with Crippen molar-refractivity contribution in [3.63, 3.8) is 0 Å². The summed E-state index contributed by atoms with van der Waals surface area (Å²) in [6.07, 6.45) is -0.788. The van der Waals surface area contributed by atoms with Crippen LogP contribution >= 0.6 is 0 Å². The van der Waals surface area contributed by atoms with E-state index in [9.17, 15) is 26.4 Å². The zero-order chi connectivity index (χ0) is 28.7. The molecule has 2 N–H and O–H groups in total. The van der Waals surface area contributed by atoms with Gasteiger partial charge in [0, 0.05) is 42.2 Å². The van der Waals surface area contributed by atoms with Gasteiger partial charge in [0.1, 0.15) is 23.3 Å². The summed E-state index contributed by atoms with van der Waals surface area (Å²) < 4.78 is 70.2. The van der Waals surface area contributed by atoms with E-state index in [0.29, 0.717) is 28.0 Å². The number of anilines is 1. The van der Waals surface area contributed by atoms with Crippen molar-refractivity contribution < 1.29 is 31.1 Å². The number of carbonyl (C=O) groups excluding carboxylic acids is 1. The summed E-state index contributed by atoms with van der Waals surface area (Å²) in [7, 11) is -3.48. The van der Waals surface area contributed by atoms with Gasteiger partial charge < -0.3 is 15.4 Å². The second-order valence-corrected chi connectivity index (χ2v) is 11.9. The molecule has 0 atom stereocenters. The van der Waals surface area contributed by atoms with Crippen LogP contribution in [0.2, 0.25) is 0 Å². The predicted octanol–water partition coefficient (Wildman–Crippen LogP) is 5.79. The van der Waals surface area contributed by atoms with Gasteiger partial charge in [-0.25, -0.2) is 13.4 Å². The molecule has 4 aromatic rings. The molecule has 0 radical (unpaired) electrons. The van der Waals surface area contributed by atoms with Crippen LogP contribution in [0.15, 0.2) is 65.8 Å². The monoisotopic (exact) mass is 572 g/mol. The number of nitrogens with one attached hydrogen (secondary N) is 2. The lowest BCUT2D eigenvalue weighted by atomic mass is 10.1. The first-order valence-electron chi connectivity index (χ1n) is 12.6. The number of hydrogen-bond donors (Lipinski definition) is 2. The molecule has 0 bridgehead atoms. The Labute approximate surface area is 229 Å². The maximum Gasteiger partial charge on any atom is 0.390 e. The van der Waals surface area contributed by atoms with E-state index in [1.165, 1.54) is 18.2 Å². The SMILES string of the molecule is Cc1cc(-n2cnc3c(NCCC(F)(F)F)cc(Oc4cccc(S(C)(=O)=O)c4)cc32)ccc1C(=O)NC1CC1. The Bertz CT molecular complexity index is 1700. The molecule has 40 heavy (non-hydrogen) atoms. The summed E-state index contributed by atoms with van der Waals surface area (Å²) in [6.45, 7) is 1.46. The number of sulfone groups is 1. The number of alkyl halides is 3. The molecule has 1 fully saturated rings. The molecule has 210 valence electrons. The Balaban J connectivity index is 1.52. The van der Waals surface area contributed by atoms with Crippen LogP contribution in [0.3, 0.4) is 0 Å². The zero-order valence-corrected chi connectivity index (χ0v) is 22.6. The lowest BCUT2D eigenvalue weighted by Crippen LogP contribution is -2.26. The van der Waals surface area contributed by atoms with Crippen molar-refractivity contribution in [2.45, 2.75) is 43.3 Å². The first-order valence-corrected chi connectivity index (χ1v) is 14.5. The number of ether oxygens (including phenoxy) is 1. The molecule has 1 aliphatic carbocycles. The van der Waals surface area contributed by atoms with Gasteiger partial charge in [-0.15, -0.1) is 0 Å². The molecule has 8 nitrogen and oxygen atoms in total. The van der Waals surface area contributed by atoms with E-state index >= 15 is 0 Å². The van der Waals surface area contributed by atoms with Crippen LogP contribution in [0.1, 0.15) is 35.2 Å². The van der Waals surface area contributed by atoms with Crippen molar-refractivity contribution in [1.29, 1.82) is 0 Å². The minimum Gasteiger partial charge on any atom is -0.457 e. The molecule has 0 unspecified atom stereocenters. The van der Waals surface area contributed by atoms with Gasteiger partial charge in [0.05, 0.1) is 22.5 Å². The third kappa shape index (κ3) is 6.39. The van der Waals surface area contributed by atoms with Gasteiger partial charge in [0.2, 0.25) is 0 Å². The Kier molecular flexibility index (Phi) is 7.21. The Morgan fingerprint density at radius 1 is 1.10 bits per heavy atom. The third-order valence-corrected chi connectivity index (χ3v) is 7.57. The molecule has 0 aliphatic heterocycles. The Hall–Kier alpha value is -4.06. The predicted molar refractivity (Wildman–Crippen MR) is 145 cm³/mol. The van der Waals surface area contributed by atoms with Crippen LogP contribution in [-0.4, -0.2) is 48.9 Å². The summed E-state index contributed by atoms with van der Waals surface area (Å²) in [4.78, 5) is 17.1. The molecule has 1 amide bonds. The van der Waals surface area contributed by atoms with E-state index in [2.05, 4.69) is 15.6 Å². The molecule has 12 heteroatoms. The molecule has 5 rings (SSSR count). The largest absolute Gasteiger partial charge is 0.457 e. The summed E-state index contributed by atoms with van der Waals surface area (Å²) in [6, 6.07) is 14.7. The van der Waals surface area contributed by atoms with Gasteiger partial charge in [0.15, 0.2) is 9.84 Å². The first-order chi connectivity index (χ1) is 18.9. The molecule has 1 aliphatic rings. The van der Waals surface area contributed by atoms with Gasteiger partial charge in [-0.2, -0.15) is 13.2 Å². The number of fused-ring (bicyclic) bond motifs is 1. The van der Waals surface area contributed by atoms with Crippen LogP contribution in [-0.2, 0) is 9.84 Å². The number of amides is 1. The summed E-state index contributed by atoms with van der Waals surface area (Å²) in [5.74, 6) is 0.383. The van der Waals surface area contributed by atoms with Crippen LogP contribution < -0.4 is 15.4 Å². The van der Waals surface area contributed by atoms with Crippen molar-refractivity contribution in [3.8, 4) is 17.2 Å². The number of nitrogens with zero attached hydrogens (tertiary/aromatic N) is 2. The summed E-state index contributed by atoms with van der Waals surface area (Å²) in [5.41, 5.74) is 3.30.